The van der Waals surface area contributed by atoms with Crippen LogP contribution in [0.3, 0.4) is 0 Å². The first-order chi connectivity index (χ1) is 6.20. The van der Waals surface area contributed by atoms with E-state index in [1.165, 1.54) is 0 Å². The van der Waals surface area contributed by atoms with Gasteiger partial charge in [-0.2, -0.15) is 0 Å². The third-order valence-electron chi connectivity index (χ3n) is 1.83. The molecular formula is C10H22NO2P. The Morgan fingerprint density at radius 1 is 1.14 bits per heavy atom. The van der Waals surface area contributed by atoms with Crippen LogP contribution in [0.25, 0.3) is 0 Å². The van der Waals surface area contributed by atoms with E-state index in [1.807, 2.05) is 0 Å². The second-order valence-electron chi connectivity index (χ2n) is 5.57. The fraction of sp³-hybridized carbons (Fsp3) is 1.00. The lowest BCUT2D eigenvalue weighted by Crippen LogP contribution is -2.37. The molecule has 1 saturated heterocycles. The molecular weight excluding hydrogens is 197 g/mol. The SMILES string of the molecule is CC(C)(C)OP1OCCN1C(C)(C)C. The number of rotatable bonds is 1. The summed E-state index contributed by atoms with van der Waals surface area (Å²) in [5.41, 5.74) is 0.00694. The van der Waals surface area contributed by atoms with Gasteiger partial charge in [-0.3, -0.25) is 0 Å². The largest absolute Gasteiger partial charge is 0.321 e. The Kier molecular flexibility index (Phi) is 3.58. The van der Waals surface area contributed by atoms with Crippen LogP contribution in [0.1, 0.15) is 41.5 Å². The van der Waals surface area contributed by atoms with Crippen LogP contribution in [0.15, 0.2) is 0 Å². The number of nitrogens with zero attached hydrogens (tertiary/aromatic N) is 1. The fourth-order valence-electron chi connectivity index (χ4n) is 1.25. The molecule has 84 valence electrons. The van der Waals surface area contributed by atoms with Crippen molar-refractivity contribution in [3.05, 3.63) is 0 Å². The van der Waals surface area contributed by atoms with E-state index in [4.69, 9.17) is 9.05 Å². The van der Waals surface area contributed by atoms with Crippen molar-refractivity contribution in [2.24, 2.45) is 0 Å². The van der Waals surface area contributed by atoms with Crippen molar-refractivity contribution in [3.8, 4) is 0 Å². The van der Waals surface area contributed by atoms with Gasteiger partial charge in [0.25, 0.3) is 8.53 Å². The van der Waals surface area contributed by atoms with E-state index < -0.39 is 8.53 Å². The Morgan fingerprint density at radius 2 is 1.71 bits per heavy atom. The highest BCUT2D eigenvalue weighted by Gasteiger charge is 2.38. The monoisotopic (exact) mass is 219 g/mol. The first kappa shape index (κ1) is 12.4. The van der Waals surface area contributed by atoms with Gasteiger partial charge in [0.15, 0.2) is 0 Å². The Morgan fingerprint density at radius 3 is 2.14 bits per heavy atom. The molecule has 0 aliphatic carbocycles. The molecule has 1 aliphatic rings. The smallest absolute Gasteiger partial charge is 0.259 e. The molecule has 0 bridgehead atoms. The van der Waals surface area contributed by atoms with E-state index in [9.17, 15) is 0 Å². The van der Waals surface area contributed by atoms with Crippen LogP contribution in [0, 0.1) is 0 Å². The summed E-state index contributed by atoms with van der Waals surface area (Å²) in [6.07, 6.45) is 0. The molecule has 3 nitrogen and oxygen atoms in total. The second-order valence-corrected chi connectivity index (χ2v) is 6.97. The van der Waals surface area contributed by atoms with Crippen LogP contribution >= 0.6 is 8.53 Å². The molecule has 1 rings (SSSR count). The second kappa shape index (κ2) is 4.05. The predicted molar refractivity (Wildman–Crippen MR) is 60.2 cm³/mol. The Bertz CT molecular complexity index is 195. The van der Waals surface area contributed by atoms with Gasteiger partial charge in [-0.05, 0) is 41.5 Å². The highest BCUT2D eigenvalue weighted by atomic mass is 31.2. The zero-order chi connectivity index (χ0) is 11.0. The lowest BCUT2D eigenvalue weighted by molar-refractivity contribution is 0.109. The highest BCUT2D eigenvalue weighted by Crippen LogP contribution is 2.53. The Balaban J connectivity index is 2.61. The maximum atomic E-state index is 5.91. The summed E-state index contributed by atoms with van der Waals surface area (Å²) in [6, 6.07) is 0. The van der Waals surface area contributed by atoms with Gasteiger partial charge < -0.3 is 9.05 Å². The summed E-state index contributed by atoms with van der Waals surface area (Å²) in [5, 5.41) is 0. The van der Waals surface area contributed by atoms with Crippen LogP contribution < -0.4 is 0 Å². The summed E-state index contributed by atoms with van der Waals surface area (Å²) in [7, 11) is -0.851. The van der Waals surface area contributed by atoms with E-state index in [2.05, 4.69) is 46.2 Å². The van der Waals surface area contributed by atoms with Crippen molar-refractivity contribution in [1.29, 1.82) is 0 Å². The molecule has 1 aliphatic heterocycles. The van der Waals surface area contributed by atoms with Crippen LogP contribution in [-0.4, -0.2) is 29.0 Å². The van der Waals surface area contributed by atoms with Gasteiger partial charge in [0, 0.05) is 12.1 Å². The van der Waals surface area contributed by atoms with Crippen molar-refractivity contribution in [2.45, 2.75) is 52.7 Å². The van der Waals surface area contributed by atoms with E-state index in [0.29, 0.717) is 0 Å². The van der Waals surface area contributed by atoms with Gasteiger partial charge in [-0.25, -0.2) is 4.67 Å². The van der Waals surface area contributed by atoms with E-state index in [1.54, 1.807) is 0 Å². The third-order valence-corrected chi connectivity index (χ3v) is 4.13. The molecule has 1 fully saturated rings. The van der Waals surface area contributed by atoms with Crippen molar-refractivity contribution in [3.63, 3.8) is 0 Å². The summed E-state index contributed by atoms with van der Waals surface area (Å²) >= 11 is 0. The Hall–Kier alpha value is 0.310. The van der Waals surface area contributed by atoms with Crippen LogP contribution in [0.2, 0.25) is 0 Å². The molecule has 0 radical (unpaired) electrons. The molecule has 0 saturated carbocycles. The molecule has 1 atom stereocenters. The highest BCUT2D eigenvalue weighted by molar-refractivity contribution is 7.44. The minimum Gasteiger partial charge on any atom is -0.321 e. The summed E-state index contributed by atoms with van der Waals surface area (Å²) in [5.74, 6) is 0. The van der Waals surface area contributed by atoms with Crippen molar-refractivity contribution in [2.75, 3.05) is 13.2 Å². The van der Waals surface area contributed by atoms with Gasteiger partial charge in [0.1, 0.15) is 0 Å². The molecule has 0 N–H and O–H groups in total. The quantitative estimate of drug-likeness (QED) is 0.632. The average Bonchev–Trinajstić information content (AvgIpc) is 2.29. The van der Waals surface area contributed by atoms with Crippen molar-refractivity contribution >= 4 is 8.53 Å². The average molecular weight is 219 g/mol. The van der Waals surface area contributed by atoms with Gasteiger partial charge in [0.05, 0.1) is 12.2 Å². The first-order valence-corrected chi connectivity index (χ1v) is 6.23. The van der Waals surface area contributed by atoms with Gasteiger partial charge in [-0.15, -0.1) is 0 Å². The molecule has 0 amide bonds. The van der Waals surface area contributed by atoms with E-state index in [-0.39, 0.29) is 11.1 Å². The lowest BCUT2D eigenvalue weighted by Gasteiger charge is -2.36. The molecule has 0 aromatic carbocycles. The van der Waals surface area contributed by atoms with Gasteiger partial charge in [-0.1, -0.05) is 0 Å². The fourth-order valence-corrected chi connectivity index (χ4v) is 2.98. The third kappa shape index (κ3) is 3.47. The molecule has 1 unspecified atom stereocenters. The van der Waals surface area contributed by atoms with Crippen molar-refractivity contribution < 1.29 is 9.05 Å². The minimum absolute atomic E-state index is 0.125. The molecule has 14 heavy (non-hydrogen) atoms. The number of hydrogen-bond acceptors (Lipinski definition) is 3. The molecule has 1 heterocycles. The van der Waals surface area contributed by atoms with E-state index >= 15 is 0 Å². The molecule has 0 spiro atoms. The minimum atomic E-state index is -0.851. The predicted octanol–water partition coefficient (Wildman–Crippen LogP) is 3.16. The van der Waals surface area contributed by atoms with Gasteiger partial charge in [0.2, 0.25) is 0 Å². The summed E-state index contributed by atoms with van der Waals surface area (Å²) in [4.78, 5) is 0. The molecule has 0 aromatic rings. The van der Waals surface area contributed by atoms with Gasteiger partial charge >= 0.3 is 0 Å². The lowest BCUT2D eigenvalue weighted by atomic mass is 10.1. The maximum Gasteiger partial charge on any atom is 0.259 e. The van der Waals surface area contributed by atoms with Crippen LogP contribution in [-0.2, 0) is 9.05 Å². The first-order valence-electron chi connectivity index (χ1n) is 5.10. The maximum absolute atomic E-state index is 5.91. The zero-order valence-electron chi connectivity index (χ0n) is 10.1. The summed E-state index contributed by atoms with van der Waals surface area (Å²) in [6.45, 7) is 14.6. The number of hydrogen-bond donors (Lipinski definition) is 0. The molecule has 4 heteroatoms. The summed E-state index contributed by atoms with van der Waals surface area (Å²) < 4.78 is 13.9. The Labute approximate surface area is 88.7 Å². The molecule has 0 aromatic heterocycles. The topological polar surface area (TPSA) is 21.7 Å². The normalized spacial score (nSPS) is 25.7. The zero-order valence-corrected chi connectivity index (χ0v) is 11.0. The van der Waals surface area contributed by atoms with Crippen LogP contribution in [0.5, 0.6) is 0 Å². The standard InChI is InChI=1S/C10H22NO2P/c1-9(2,3)11-7-8-12-14(11)13-10(4,5)6/h7-8H2,1-6H3. The van der Waals surface area contributed by atoms with Crippen LogP contribution in [0.4, 0.5) is 0 Å². The van der Waals surface area contributed by atoms with E-state index in [0.717, 1.165) is 13.2 Å². The van der Waals surface area contributed by atoms with Crippen molar-refractivity contribution in [1.82, 2.24) is 4.67 Å².